The number of aromatic nitrogens is 2. The number of aryl methyl sites for hydroxylation is 1. The molecule has 0 saturated carbocycles. The van der Waals surface area contributed by atoms with E-state index < -0.39 is 0 Å². The van der Waals surface area contributed by atoms with Crippen LogP contribution in [0.25, 0.3) is 0 Å². The third-order valence-electron chi connectivity index (χ3n) is 2.63. The van der Waals surface area contributed by atoms with E-state index in [0.29, 0.717) is 5.92 Å². The standard InChI is InChI=1S/C9H15N3O/c1-12-4-3-11-9(12)8(10)7-2-5-13-6-7/h3-4,7-8H,2,5-6,10H2,1H3. The van der Waals surface area contributed by atoms with E-state index >= 15 is 0 Å². The maximum absolute atomic E-state index is 6.08. The van der Waals surface area contributed by atoms with Gasteiger partial charge in [-0.3, -0.25) is 0 Å². The van der Waals surface area contributed by atoms with Gasteiger partial charge in [-0.05, 0) is 6.42 Å². The summed E-state index contributed by atoms with van der Waals surface area (Å²) in [5.41, 5.74) is 6.08. The molecule has 2 unspecified atom stereocenters. The van der Waals surface area contributed by atoms with Gasteiger partial charge in [0.25, 0.3) is 0 Å². The van der Waals surface area contributed by atoms with Gasteiger partial charge in [0.05, 0.1) is 12.6 Å². The van der Waals surface area contributed by atoms with Crippen LogP contribution in [0.15, 0.2) is 12.4 Å². The largest absolute Gasteiger partial charge is 0.381 e. The molecule has 2 rings (SSSR count). The molecule has 4 heteroatoms. The summed E-state index contributed by atoms with van der Waals surface area (Å²) in [6.45, 7) is 1.61. The molecule has 1 aliphatic rings. The number of hydrogen-bond donors (Lipinski definition) is 1. The van der Waals surface area contributed by atoms with Crippen LogP contribution in [-0.2, 0) is 11.8 Å². The smallest absolute Gasteiger partial charge is 0.125 e. The van der Waals surface area contributed by atoms with Crippen LogP contribution in [0.2, 0.25) is 0 Å². The zero-order valence-electron chi connectivity index (χ0n) is 7.81. The first-order valence-corrected chi connectivity index (χ1v) is 4.59. The Balaban J connectivity index is 2.12. The first-order valence-electron chi connectivity index (χ1n) is 4.59. The van der Waals surface area contributed by atoms with Gasteiger partial charge >= 0.3 is 0 Å². The van der Waals surface area contributed by atoms with Gasteiger partial charge in [-0.25, -0.2) is 4.98 Å². The van der Waals surface area contributed by atoms with Crippen molar-refractivity contribution in [3.05, 3.63) is 18.2 Å². The van der Waals surface area contributed by atoms with Crippen molar-refractivity contribution in [2.24, 2.45) is 18.7 Å². The Kier molecular flexibility index (Phi) is 2.33. The second kappa shape index (κ2) is 3.47. The third-order valence-corrected chi connectivity index (χ3v) is 2.63. The van der Waals surface area contributed by atoms with Gasteiger partial charge in [-0.2, -0.15) is 0 Å². The minimum atomic E-state index is 0.0162. The molecule has 1 aliphatic heterocycles. The Hall–Kier alpha value is -0.870. The predicted molar refractivity (Wildman–Crippen MR) is 49.1 cm³/mol. The SMILES string of the molecule is Cn1ccnc1C(N)C1CCOC1. The van der Waals surface area contributed by atoms with Gasteiger partial charge in [0.2, 0.25) is 0 Å². The summed E-state index contributed by atoms with van der Waals surface area (Å²) < 4.78 is 7.27. The highest BCUT2D eigenvalue weighted by molar-refractivity contribution is 5.00. The van der Waals surface area contributed by atoms with E-state index in [0.717, 1.165) is 25.5 Å². The molecular formula is C9H15N3O. The molecule has 0 aliphatic carbocycles. The molecule has 1 aromatic rings. The molecule has 72 valence electrons. The summed E-state index contributed by atoms with van der Waals surface area (Å²) in [7, 11) is 1.97. The van der Waals surface area contributed by atoms with E-state index in [-0.39, 0.29) is 6.04 Å². The Morgan fingerprint density at radius 3 is 3.15 bits per heavy atom. The van der Waals surface area contributed by atoms with Gasteiger partial charge in [-0.15, -0.1) is 0 Å². The molecule has 2 heterocycles. The number of rotatable bonds is 2. The number of nitrogens with two attached hydrogens (primary N) is 1. The molecule has 13 heavy (non-hydrogen) atoms. The summed E-state index contributed by atoms with van der Waals surface area (Å²) in [4.78, 5) is 4.24. The van der Waals surface area contributed by atoms with Crippen LogP contribution in [0.3, 0.4) is 0 Å². The van der Waals surface area contributed by atoms with E-state index in [9.17, 15) is 0 Å². The lowest BCUT2D eigenvalue weighted by Crippen LogP contribution is -2.24. The minimum absolute atomic E-state index is 0.0162. The maximum atomic E-state index is 6.08. The average Bonchev–Trinajstić information content (AvgIpc) is 2.72. The minimum Gasteiger partial charge on any atom is -0.381 e. The quantitative estimate of drug-likeness (QED) is 0.721. The summed E-state index contributed by atoms with van der Waals surface area (Å²) in [5, 5.41) is 0. The Bertz CT molecular complexity index is 278. The summed E-state index contributed by atoms with van der Waals surface area (Å²) in [6, 6.07) is 0.0162. The fourth-order valence-electron chi connectivity index (χ4n) is 1.75. The molecule has 1 fully saturated rings. The fourth-order valence-corrected chi connectivity index (χ4v) is 1.75. The second-order valence-corrected chi connectivity index (χ2v) is 3.55. The molecule has 0 radical (unpaired) electrons. The van der Waals surface area contributed by atoms with Crippen molar-refractivity contribution < 1.29 is 4.74 Å². The lowest BCUT2D eigenvalue weighted by molar-refractivity contribution is 0.180. The third kappa shape index (κ3) is 1.59. The van der Waals surface area contributed by atoms with Crippen molar-refractivity contribution in [3.8, 4) is 0 Å². The van der Waals surface area contributed by atoms with Crippen molar-refractivity contribution in [1.29, 1.82) is 0 Å². The van der Waals surface area contributed by atoms with E-state index in [1.54, 1.807) is 6.20 Å². The molecule has 0 aromatic carbocycles. The Morgan fingerprint density at radius 1 is 1.77 bits per heavy atom. The topological polar surface area (TPSA) is 53.1 Å². The van der Waals surface area contributed by atoms with Gasteiger partial charge in [0, 0.05) is 32.0 Å². The van der Waals surface area contributed by atoms with Crippen molar-refractivity contribution in [2.75, 3.05) is 13.2 Å². The number of nitrogens with zero attached hydrogens (tertiary/aromatic N) is 2. The molecule has 0 spiro atoms. The van der Waals surface area contributed by atoms with Crippen molar-refractivity contribution >= 4 is 0 Å². The van der Waals surface area contributed by atoms with Crippen LogP contribution in [0, 0.1) is 5.92 Å². The van der Waals surface area contributed by atoms with Crippen molar-refractivity contribution in [2.45, 2.75) is 12.5 Å². The summed E-state index contributed by atoms with van der Waals surface area (Å²) >= 11 is 0. The van der Waals surface area contributed by atoms with E-state index in [2.05, 4.69) is 4.98 Å². The van der Waals surface area contributed by atoms with Gasteiger partial charge < -0.3 is 15.0 Å². The maximum Gasteiger partial charge on any atom is 0.125 e. The lowest BCUT2D eigenvalue weighted by Gasteiger charge is -2.16. The first kappa shape index (κ1) is 8.72. The molecule has 0 amide bonds. The van der Waals surface area contributed by atoms with E-state index in [1.165, 1.54) is 0 Å². The lowest BCUT2D eigenvalue weighted by atomic mass is 9.99. The summed E-state index contributed by atoms with van der Waals surface area (Å²) in [6.07, 6.45) is 4.75. The number of ether oxygens (including phenoxy) is 1. The van der Waals surface area contributed by atoms with Crippen LogP contribution in [0.1, 0.15) is 18.3 Å². The average molecular weight is 181 g/mol. The normalized spacial score (nSPS) is 24.9. The molecule has 0 bridgehead atoms. The number of hydrogen-bond acceptors (Lipinski definition) is 3. The Labute approximate surface area is 77.7 Å². The molecule has 2 atom stereocenters. The van der Waals surface area contributed by atoms with Crippen LogP contribution in [0.5, 0.6) is 0 Å². The molecule has 2 N–H and O–H groups in total. The molecular weight excluding hydrogens is 166 g/mol. The second-order valence-electron chi connectivity index (χ2n) is 3.55. The van der Waals surface area contributed by atoms with Crippen LogP contribution >= 0.6 is 0 Å². The van der Waals surface area contributed by atoms with E-state index in [1.807, 2.05) is 17.8 Å². The van der Waals surface area contributed by atoms with Crippen LogP contribution < -0.4 is 5.73 Å². The zero-order chi connectivity index (χ0) is 9.26. The highest BCUT2D eigenvalue weighted by Crippen LogP contribution is 2.24. The molecule has 4 nitrogen and oxygen atoms in total. The molecule has 1 aromatic heterocycles. The number of imidazole rings is 1. The van der Waals surface area contributed by atoms with Gasteiger partial charge in [0.1, 0.15) is 5.82 Å². The Morgan fingerprint density at radius 2 is 2.62 bits per heavy atom. The first-order chi connectivity index (χ1) is 6.29. The van der Waals surface area contributed by atoms with Crippen molar-refractivity contribution in [3.63, 3.8) is 0 Å². The van der Waals surface area contributed by atoms with Crippen molar-refractivity contribution in [1.82, 2.24) is 9.55 Å². The highest BCUT2D eigenvalue weighted by atomic mass is 16.5. The summed E-state index contributed by atoms with van der Waals surface area (Å²) in [5.74, 6) is 1.39. The molecule has 1 saturated heterocycles. The fraction of sp³-hybridized carbons (Fsp3) is 0.667. The predicted octanol–water partition coefficient (Wildman–Crippen LogP) is 0.456. The van der Waals surface area contributed by atoms with Gasteiger partial charge in [0.15, 0.2) is 0 Å². The zero-order valence-corrected chi connectivity index (χ0v) is 7.81. The van der Waals surface area contributed by atoms with Gasteiger partial charge in [-0.1, -0.05) is 0 Å². The monoisotopic (exact) mass is 181 g/mol. The van der Waals surface area contributed by atoms with Crippen LogP contribution in [0.4, 0.5) is 0 Å². The van der Waals surface area contributed by atoms with Crippen LogP contribution in [-0.4, -0.2) is 22.8 Å². The van der Waals surface area contributed by atoms with E-state index in [4.69, 9.17) is 10.5 Å². The highest BCUT2D eigenvalue weighted by Gasteiger charge is 2.26.